The fourth-order valence-corrected chi connectivity index (χ4v) is 5.49. The minimum atomic E-state index is -0.229. The van der Waals surface area contributed by atoms with E-state index in [1.807, 2.05) is 63.5 Å². The van der Waals surface area contributed by atoms with Gasteiger partial charge < -0.3 is 38.2 Å². The molecule has 2 aromatic carbocycles. The highest BCUT2D eigenvalue weighted by atomic mass is 16.5. The minimum absolute atomic E-state index is 0.0263. The zero-order chi connectivity index (χ0) is 31.6. The van der Waals surface area contributed by atoms with Crippen molar-refractivity contribution >= 4 is 11.8 Å². The second-order valence-corrected chi connectivity index (χ2v) is 12.1. The first-order valence-corrected chi connectivity index (χ1v) is 14.0. The van der Waals surface area contributed by atoms with E-state index in [1.165, 1.54) is 0 Å². The number of methoxy groups -OCH3 is 6. The molecule has 0 fully saturated rings. The van der Waals surface area contributed by atoms with E-state index in [-0.39, 0.29) is 22.9 Å². The molecule has 0 spiro atoms. The fraction of sp³-hybridized carbons (Fsp3) is 0.562. The molecule has 0 unspecified atom stereocenters. The van der Waals surface area contributed by atoms with Crippen LogP contribution in [0.15, 0.2) is 12.1 Å². The standard InChI is InChI=1S/2C16H23NO4/c2*1-16(2,3)17-8-7-10-9-11(19-4)13(20-5)14(21-6)12(10)15(17)18/h2*9H,7-8H2,1-6H3. The van der Waals surface area contributed by atoms with Gasteiger partial charge in [0.05, 0.1) is 53.8 Å². The van der Waals surface area contributed by atoms with E-state index in [1.54, 1.807) is 42.7 Å². The average Bonchev–Trinajstić information content (AvgIpc) is 2.94. The van der Waals surface area contributed by atoms with Gasteiger partial charge in [-0.15, -0.1) is 0 Å². The van der Waals surface area contributed by atoms with Gasteiger partial charge in [-0.1, -0.05) is 0 Å². The lowest BCUT2D eigenvalue weighted by Crippen LogP contribution is -2.49. The van der Waals surface area contributed by atoms with Gasteiger partial charge in [0.25, 0.3) is 11.8 Å². The average molecular weight is 587 g/mol. The van der Waals surface area contributed by atoms with Crippen LogP contribution in [0, 0.1) is 0 Å². The first-order chi connectivity index (χ1) is 19.7. The minimum Gasteiger partial charge on any atom is -0.493 e. The normalized spacial score (nSPS) is 14.8. The Morgan fingerprint density at radius 3 is 1.07 bits per heavy atom. The maximum absolute atomic E-state index is 12.9. The van der Waals surface area contributed by atoms with Crippen LogP contribution in [0.3, 0.4) is 0 Å². The van der Waals surface area contributed by atoms with E-state index in [9.17, 15) is 9.59 Å². The number of fused-ring (bicyclic) bond motifs is 2. The predicted octanol–water partition coefficient (Wildman–Crippen LogP) is 5.02. The molecule has 0 atom stereocenters. The highest BCUT2D eigenvalue weighted by molar-refractivity contribution is 6.02. The number of hydrogen-bond acceptors (Lipinski definition) is 8. The van der Waals surface area contributed by atoms with Crippen molar-refractivity contribution in [1.82, 2.24) is 9.80 Å². The number of rotatable bonds is 6. The highest BCUT2D eigenvalue weighted by Crippen LogP contribution is 2.45. The molecule has 10 nitrogen and oxygen atoms in total. The van der Waals surface area contributed by atoms with Crippen molar-refractivity contribution in [3.05, 3.63) is 34.4 Å². The van der Waals surface area contributed by atoms with E-state index < -0.39 is 0 Å². The summed E-state index contributed by atoms with van der Waals surface area (Å²) in [5.74, 6) is 2.95. The molecule has 42 heavy (non-hydrogen) atoms. The van der Waals surface area contributed by atoms with Crippen LogP contribution in [0.4, 0.5) is 0 Å². The van der Waals surface area contributed by atoms with Crippen molar-refractivity contribution in [2.75, 3.05) is 55.7 Å². The van der Waals surface area contributed by atoms with Crippen molar-refractivity contribution in [2.45, 2.75) is 65.5 Å². The van der Waals surface area contributed by atoms with Gasteiger partial charge >= 0.3 is 0 Å². The van der Waals surface area contributed by atoms with Gasteiger partial charge in [-0.05, 0) is 77.6 Å². The molecule has 2 aliphatic heterocycles. The number of ether oxygens (including phenoxy) is 6. The maximum atomic E-state index is 12.9. The summed E-state index contributed by atoms with van der Waals surface area (Å²) in [7, 11) is 9.33. The van der Waals surface area contributed by atoms with Crippen molar-refractivity contribution in [1.29, 1.82) is 0 Å². The van der Waals surface area contributed by atoms with Crippen molar-refractivity contribution in [2.24, 2.45) is 0 Å². The van der Waals surface area contributed by atoms with E-state index in [4.69, 9.17) is 28.4 Å². The van der Waals surface area contributed by atoms with Crippen LogP contribution in [-0.2, 0) is 12.8 Å². The molecule has 2 amide bonds. The van der Waals surface area contributed by atoms with E-state index in [0.29, 0.717) is 58.7 Å². The predicted molar refractivity (Wildman–Crippen MR) is 161 cm³/mol. The van der Waals surface area contributed by atoms with Gasteiger partial charge in [-0.2, -0.15) is 0 Å². The van der Waals surface area contributed by atoms with Gasteiger partial charge in [0.15, 0.2) is 23.0 Å². The SMILES string of the molecule is COc1cc2c(c(OC)c1OC)C(=O)N(C(C)(C)C)CC2.COc1cc2c(c(OC)c1OC)C(=O)N(C(C)(C)C)CC2. The second kappa shape index (κ2) is 12.6. The summed E-state index contributed by atoms with van der Waals surface area (Å²) in [6.45, 7) is 13.6. The van der Waals surface area contributed by atoms with Gasteiger partial charge in [-0.3, -0.25) is 9.59 Å². The summed E-state index contributed by atoms with van der Waals surface area (Å²) < 4.78 is 32.3. The quantitative estimate of drug-likeness (QED) is 0.466. The van der Waals surface area contributed by atoms with Gasteiger partial charge in [0.1, 0.15) is 0 Å². The highest BCUT2D eigenvalue weighted by Gasteiger charge is 2.38. The summed E-state index contributed by atoms with van der Waals surface area (Å²) in [4.78, 5) is 29.5. The summed E-state index contributed by atoms with van der Waals surface area (Å²) in [5, 5.41) is 0. The molecule has 2 heterocycles. The van der Waals surface area contributed by atoms with Gasteiger partial charge in [-0.25, -0.2) is 0 Å². The molecule has 0 aromatic heterocycles. The third-order valence-electron chi connectivity index (χ3n) is 7.57. The van der Waals surface area contributed by atoms with Crippen LogP contribution in [0.1, 0.15) is 73.4 Å². The molecule has 0 saturated heterocycles. The molecule has 10 heteroatoms. The molecular weight excluding hydrogens is 540 g/mol. The molecule has 2 aliphatic rings. The molecule has 0 bridgehead atoms. The largest absolute Gasteiger partial charge is 0.493 e. The van der Waals surface area contributed by atoms with Crippen LogP contribution < -0.4 is 28.4 Å². The van der Waals surface area contributed by atoms with Crippen LogP contribution in [0.25, 0.3) is 0 Å². The molecule has 0 radical (unpaired) electrons. The van der Waals surface area contributed by atoms with Crippen LogP contribution >= 0.6 is 0 Å². The van der Waals surface area contributed by atoms with E-state index in [2.05, 4.69) is 0 Å². The summed E-state index contributed by atoms with van der Waals surface area (Å²) >= 11 is 0. The molecule has 0 saturated carbocycles. The molecule has 4 rings (SSSR count). The van der Waals surface area contributed by atoms with E-state index >= 15 is 0 Å². The monoisotopic (exact) mass is 586 g/mol. The first-order valence-electron chi connectivity index (χ1n) is 14.0. The zero-order valence-corrected chi connectivity index (χ0v) is 27.1. The van der Waals surface area contributed by atoms with Crippen molar-refractivity contribution in [3.8, 4) is 34.5 Å². The van der Waals surface area contributed by atoms with Crippen molar-refractivity contribution < 1.29 is 38.0 Å². The topological polar surface area (TPSA) is 96.0 Å². The third kappa shape index (κ3) is 6.03. The molecule has 232 valence electrons. The first kappa shape index (κ1) is 32.7. The van der Waals surface area contributed by atoms with Crippen LogP contribution in [0.5, 0.6) is 34.5 Å². The lowest BCUT2D eigenvalue weighted by atomic mass is 9.93. The molecule has 2 aromatic rings. The lowest BCUT2D eigenvalue weighted by Gasteiger charge is -2.39. The van der Waals surface area contributed by atoms with Gasteiger partial charge in [0, 0.05) is 24.2 Å². The number of benzene rings is 2. The van der Waals surface area contributed by atoms with E-state index in [0.717, 1.165) is 24.0 Å². The Balaban J connectivity index is 0.000000230. The number of nitrogens with zero attached hydrogens (tertiary/aromatic N) is 2. The Morgan fingerprint density at radius 1 is 0.524 bits per heavy atom. The lowest BCUT2D eigenvalue weighted by molar-refractivity contribution is 0.0547. The zero-order valence-electron chi connectivity index (χ0n) is 27.1. The third-order valence-corrected chi connectivity index (χ3v) is 7.57. The second-order valence-electron chi connectivity index (χ2n) is 12.1. The Morgan fingerprint density at radius 2 is 0.833 bits per heavy atom. The Bertz CT molecular complexity index is 1220. The van der Waals surface area contributed by atoms with Crippen LogP contribution in [0.2, 0.25) is 0 Å². The molecule has 0 aliphatic carbocycles. The Kier molecular flexibility index (Phi) is 9.80. The fourth-order valence-electron chi connectivity index (χ4n) is 5.49. The Hall–Kier alpha value is -3.82. The van der Waals surface area contributed by atoms with Gasteiger partial charge in [0.2, 0.25) is 11.5 Å². The number of carbonyl (C=O) groups excluding carboxylic acids is 2. The molecule has 0 N–H and O–H groups in total. The molecular formula is C32H46N2O8. The Labute approximate surface area is 249 Å². The summed E-state index contributed by atoms with van der Waals surface area (Å²) in [6.07, 6.45) is 1.55. The number of hydrogen-bond donors (Lipinski definition) is 0. The summed E-state index contributed by atoms with van der Waals surface area (Å²) in [6, 6.07) is 3.74. The van der Waals surface area contributed by atoms with Crippen LogP contribution in [-0.4, -0.2) is 88.4 Å². The number of carbonyl (C=O) groups is 2. The maximum Gasteiger partial charge on any atom is 0.258 e. The van der Waals surface area contributed by atoms with Crippen molar-refractivity contribution in [3.63, 3.8) is 0 Å². The smallest absolute Gasteiger partial charge is 0.258 e. The number of amides is 2. The summed E-state index contributed by atoms with van der Waals surface area (Å²) in [5.41, 5.74) is 2.58.